The fraction of sp³-hybridized carbons (Fsp3) is 0.933. The Bertz CT molecular complexity index is 338. The lowest BCUT2D eigenvalue weighted by atomic mass is 9.79. The summed E-state index contributed by atoms with van der Waals surface area (Å²) in [4.78, 5) is 6.73. The molecule has 1 saturated heterocycles. The number of rotatable bonds is 3. The second-order valence-electron chi connectivity index (χ2n) is 6.37. The first-order valence-electron chi connectivity index (χ1n) is 7.76. The molecule has 1 aliphatic carbocycles. The van der Waals surface area contributed by atoms with E-state index in [2.05, 4.69) is 23.7 Å². The summed E-state index contributed by atoms with van der Waals surface area (Å²) in [5.41, 5.74) is 6.03. The average Bonchev–Trinajstić information content (AvgIpc) is 2.47. The van der Waals surface area contributed by atoms with E-state index in [1.807, 2.05) is 0 Å². The summed E-state index contributed by atoms with van der Waals surface area (Å²) in [7, 11) is 1.80. The van der Waals surface area contributed by atoms with Crippen LogP contribution in [0.4, 0.5) is 0 Å². The molecule has 1 saturated carbocycles. The molecule has 116 valence electrons. The molecule has 2 N–H and O–H groups in total. The Kier molecular flexibility index (Phi) is 5.27. The SMILES string of the molecule is COC1(CN=C(N)N2CCOC(C)C2)CCC(C)CC1. The van der Waals surface area contributed by atoms with Gasteiger partial charge < -0.3 is 20.1 Å². The van der Waals surface area contributed by atoms with Gasteiger partial charge in [-0.25, -0.2) is 0 Å². The molecule has 1 aliphatic heterocycles. The zero-order valence-corrected chi connectivity index (χ0v) is 13.1. The van der Waals surface area contributed by atoms with Crippen LogP contribution in [0.3, 0.4) is 0 Å². The van der Waals surface area contributed by atoms with Crippen molar-refractivity contribution in [3.63, 3.8) is 0 Å². The molecule has 1 unspecified atom stereocenters. The van der Waals surface area contributed by atoms with E-state index in [-0.39, 0.29) is 11.7 Å². The number of ether oxygens (including phenoxy) is 2. The van der Waals surface area contributed by atoms with Crippen molar-refractivity contribution in [1.82, 2.24) is 4.90 Å². The van der Waals surface area contributed by atoms with Gasteiger partial charge in [0.2, 0.25) is 0 Å². The van der Waals surface area contributed by atoms with Crippen molar-refractivity contribution in [3.05, 3.63) is 0 Å². The van der Waals surface area contributed by atoms with Crippen LogP contribution in [0, 0.1) is 5.92 Å². The number of nitrogens with two attached hydrogens (primary N) is 1. The molecule has 5 heteroatoms. The molecule has 1 heterocycles. The largest absolute Gasteiger partial charge is 0.376 e. The van der Waals surface area contributed by atoms with Gasteiger partial charge in [0.1, 0.15) is 0 Å². The van der Waals surface area contributed by atoms with Gasteiger partial charge in [-0.3, -0.25) is 4.99 Å². The summed E-state index contributed by atoms with van der Waals surface area (Å²) < 4.78 is 11.3. The fourth-order valence-electron chi connectivity index (χ4n) is 3.07. The molecule has 0 aromatic heterocycles. The first kappa shape index (κ1) is 15.6. The van der Waals surface area contributed by atoms with Crippen LogP contribution in [0.5, 0.6) is 0 Å². The Morgan fingerprint density at radius 1 is 1.40 bits per heavy atom. The van der Waals surface area contributed by atoms with Crippen LogP contribution in [0.15, 0.2) is 4.99 Å². The van der Waals surface area contributed by atoms with Crippen molar-refractivity contribution in [2.24, 2.45) is 16.6 Å². The number of guanidine groups is 1. The molecule has 2 aliphatic rings. The highest BCUT2D eigenvalue weighted by Gasteiger charge is 2.34. The van der Waals surface area contributed by atoms with Crippen LogP contribution in [-0.2, 0) is 9.47 Å². The Morgan fingerprint density at radius 2 is 2.10 bits per heavy atom. The summed E-state index contributed by atoms with van der Waals surface area (Å²) in [5.74, 6) is 1.44. The van der Waals surface area contributed by atoms with Crippen LogP contribution in [0.1, 0.15) is 39.5 Å². The van der Waals surface area contributed by atoms with E-state index >= 15 is 0 Å². The number of aliphatic imine (C=N–C) groups is 1. The summed E-state index contributed by atoms with van der Waals surface area (Å²) in [5, 5.41) is 0. The number of nitrogens with zero attached hydrogens (tertiary/aromatic N) is 2. The maximum absolute atomic E-state index is 6.13. The maximum Gasteiger partial charge on any atom is 0.191 e. The molecule has 2 rings (SSSR count). The average molecular weight is 283 g/mol. The van der Waals surface area contributed by atoms with Crippen molar-refractivity contribution in [1.29, 1.82) is 0 Å². The molecule has 0 aromatic carbocycles. The quantitative estimate of drug-likeness (QED) is 0.631. The Hall–Kier alpha value is -0.810. The van der Waals surface area contributed by atoms with E-state index in [1.54, 1.807) is 7.11 Å². The van der Waals surface area contributed by atoms with E-state index in [0.29, 0.717) is 12.5 Å². The normalized spacial score (nSPS) is 36.1. The molecule has 0 radical (unpaired) electrons. The molecular weight excluding hydrogens is 254 g/mol. The molecule has 0 bridgehead atoms. The van der Waals surface area contributed by atoms with E-state index in [0.717, 1.165) is 38.5 Å². The van der Waals surface area contributed by atoms with Gasteiger partial charge in [-0.05, 0) is 38.5 Å². The topological polar surface area (TPSA) is 60.1 Å². The van der Waals surface area contributed by atoms with Crippen molar-refractivity contribution in [2.45, 2.75) is 51.2 Å². The summed E-state index contributed by atoms with van der Waals surface area (Å²) >= 11 is 0. The van der Waals surface area contributed by atoms with Gasteiger partial charge in [0, 0.05) is 20.2 Å². The Morgan fingerprint density at radius 3 is 2.70 bits per heavy atom. The number of hydrogen-bond acceptors (Lipinski definition) is 3. The minimum atomic E-state index is -0.102. The standard InChI is InChI=1S/C15H29N3O2/c1-12-4-6-15(19-3,7-5-12)11-17-14(16)18-8-9-20-13(2)10-18/h12-13H,4-11H2,1-3H3,(H2,16,17). The molecule has 0 amide bonds. The maximum atomic E-state index is 6.13. The van der Waals surface area contributed by atoms with Crippen molar-refractivity contribution < 1.29 is 9.47 Å². The summed E-state index contributed by atoms with van der Waals surface area (Å²) in [6.07, 6.45) is 4.84. The van der Waals surface area contributed by atoms with Gasteiger partial charge >= 0.3 is 0 Å². The number of morpholine rings is 1. The van der Waals surface area contributed by atoms with Gasteiger partial charge in [-0.1, -0.05) is 6.92 Å². The van der Waals surface area contributed by atoms with E-state index < -0.39 is 0 Å². The third-order valence-corrected chi connectivity index (χ3v) is 4.71. The highest BCUT2D eigenvalue weighted by atomic mass is 16.5. The highest BCUT2D eigenvalue weighted by Crippen LogP contribution is 2.34. The molecule has 5 nitrogen and oxygen atoms in total. The van der Waals surface area contributed by atoms with E-state index in [9.17, 15) is 0 Å². The van der Waals surface area contributed by atoms with Crippen LogP contribution in [0.25, 0.3) is 0 Å². The lowest BCUT2D eigenvalue weighted by Crippen LogP contribution is -2.48. The third-order valence-electron chi connectivity index (χ3n) is 4.71. The van der Waals surface area contributed by atoms with Crippen molar-refractivity contribution >= 4 is 5.96 Å². The molecular formula is C15H29N3O2. The second-order valence-corrected chi connectivity index (χ2v) is 6.37. The van der Waals surface area contributed by atoms with Gasteiger partial charge in [-0.15, -0.1) is 0 Å². The zero-order valence-electron chi connectivity index (χ0n) is 13.1. The van der Waals surface area contributed by atoms with Gasteiger partial charge in [0.05, 0.1) is 24.9 Å². The van der Waals surface area contributed by atoms with Crippen molar-refractivity contribution in [2.75, 3.05) is 33.4 Å². The van der Waals surface area contributed by atoms with Crippen LogP contribution < -0.4 is 5.73 Å². The van der Waals surface area contributed by atoms with E-state index in [4.69, 9.17) is 15.2 Å². The van der Waals surface area contributed by atoms with E-state index in [1.165, 1.54) is 12.8 Å². The van der Waals surface area contributed by atoms with Gasteiger partial charge in [0.15, 0.2) is 5.96 Å². The first-order chi connectivity index (χ1) is 9.54. The van der Waals surface area contributed by atoms with Gasteiger partial charge in [0.25, 0.3) is 0 Å². The summed E-state index contributed by atoms with van der Waals surface area (Å²) in [6, 6.07) is 0. The number of methoxy groups -OCH3 is 1. The Balaban J connectivity index is 1.92. The lowest BCUT2D eigenvalue weighted by molar-refractivity contribution is -0.0398. The third kappa shape index (κ3) is 3.85. The molecule has 1 atom stereocenters. The minimum Gasteiger partial charge on any atom is -0.376 e. The predicted octanol–water partition coefficient (Wildman–Crippen LogP) is 1.62. The van der Waals surface area contributed by atoms with Crippen LogP contribution in [-0.4, -0.2) is 55.9 Å². The molecule has 0 aromatic rings. The predicted molar refractivity (Wildman–Crippen MR) is 80.8 cm³/mol. The second kappa shape index (κ2) is 6.76. The van der Waals surface area contributed by atoms with Gasteiger partial charge in [-0.2, -0.15) is 0 Å². The van der Waals surface area contributed by atoms with Crippen LogP contribution in [0.2, 0.25) is 0 Å². The highest BCUT2D eigenvalue weighted by molar-refractivity contribution is 5.78. The molecule has 0 spiro atoms. The molecule has 2 fully saturated rings. The number of hydrogen-bond donors (Lipinski definition) is 1. The minimum absolute atomic E-state index is 0.102. The smallest absolute Gasteiger partial charge is 0.191 e. The summed E-state index contributed by atoms with van der Waals surface area (Å²) in [6.45, 7) is 7.44. The monoisotopic (exact) mass is 283 g/mol. The van der Waals surface area contributed by atoms with Crippen molar-refractivity contribution in [3.8, 4) is 0 Å². The molecule has 20 heavy (non-hydrogen) atoms. The zero-order chi connectivity index (χ0) is 14.6. The lowest BCUT2D eigenvalue weighted by Gasteiger charge is -2.38. The fourth-order valence-corrected chi connectivity index (χ4v) is 3.07. The Labute approximate surface area is 122 Å². The van der Waals surface area contributed by atoms with Crippen LogP contribution >= 0.6 is 0 Å². The first-order valence-corrected chi connectivity index (χ1v) is 7.76.